The Balaban J connectivity index is 1.09. The first-order valence-corrected chi connectivity index (χ1v) is 15.2. The molecule has 3 fully saturated rings. The van der Waals surface area contributed by atoms with Crippen molar-refractivity contribution in [3.8, 4) is 11.3 Å². The van der Waals surface area contributed by atoms with E-state index in [1.54, 1.807) is 66.0 Å². The third kappa shape index (κ3) is 3.89. The molecule has 6 unspecified atom stereocenters. The summed E-state index contributed by atoms with van der Waals surface area (Å²) in [6.07, 6.45) is 5.45. The summed E-state index contributed by atoms with van der Waals surface area (Å²) < 4.78 is 5.40. The van der Waals surface area contributed by atoms with E-state index in [9.17, 15) is 19.2 Å². The number of esters is 1. The maximum Gasteiger partial charge on any atom is 0.339 e. The second-order valence-electron chi connectivity index (χ2n) is 11.4. The molecule has 1 aliphatic heterocycles. The van der Waals surface area contributed by atoms with Crippen molar-refractivity contribution >= 4 is 63.1 Å². The molecule has 6 atom stereocenters. The number of benzene rings is 2. The minimum absolute atomic E-state index is 0.106. The Kier molecular flexibility index (Phi) is 5.75. The minimum atomic E-state index is -0.662. The van der Waals surface area contributed by atoms with Gasteiger partial charge in [0.2, 0.25) is 17.6 Å². The number of anilines is 1. The number of carbonyl (C=O) groups is 4. The Hall–Kier alpha value is -4.14. The first-order valence-electron chi connectivity index (χ1n) is 13.9. The fraction of sp³-hybridized carbons (Fsp3) is 0.242. The third-order valence-electron chi connectivity index (χ3n) is 9.21. The van der Waals surface area contributed by atoms with Crippen molar-refractivity contribution in [1.29, 1.82) is 0 Å². The molecule has 208 valence electrons. The molecule has 42 heavy (non-hydrogen) atoms. The summed E-state index contributed by atoms with van der Waals surface area (Å²) in [7, 11) is 0. The summed E-state index contributed by atoms with van der Waals surface area (Å²) in [5.41, 5.74) is 2.50. The number of imide groups is 1. The van der Waals surface area contributed by atoms with Gasteiger partial charge < -0.3 is 4.74 Å². The summed E-state index contributed by atoms with van der Waals surface area (Å²) in [5.74, 6) is -0.250. The quantitative estimate of drug-likeness (QED) is 0.114. The van der Waals surface area contributed by atoms with Crippen LogP contribution in [-0.2, 0) is 14.3 Å². The molecule has 2 aromatic carbocycles. The molecule has 0 N–H and O–H groups in total. The van der Waals surface area contributed by atoms with Gasteiger partial charge >= 0.3 is 5.97 Å². The molecule has 2 bridgehead atoms. The van der Waals surface area contributed by atoms with E-state index >= 15 is 0 Å². The maximum atomic E-state index is 13.5. The highest BCUT2D eigenvalue weighted by molar-refractivity contribution is 7.12. The molecule has 0 spiro atoms. The van der Waals surface area contributed by atoms with Crippen molar-refractivity contribution in [2.45, 2.75) is 6.42 Å². The number of fused-ring (bicyclic) bond motifs is 1. The highest BCUT2D eigenvalue weighted by Gasteiger charge is 2.67. The van der Waals surface area contributed by atoms with Gasteiger partial charge in [-0.15, -0.1) is 11.3 Å². The molecule has 2 amide bonds. The summed E-state index contributed by atoms with van der Waals surface area (Å²) in [4.78, 5) is 59.3. The summed E-state index contributed by atoms with van der Waals surface area (Å²) >= 11 is 7.52. The predicted octanol–water partition coefficient (Wildman–Crippen LogP) is 6.21. The Bertz CT molecular complexity index is 1810. The molecular weight excluding hydrogens is 572 g/mol. The van der Waals surface area contributed by atoms with Crippen molar-refractivity contribution in [1.82, 2.24) is 4.98 Å². The lowest BCUT2D eigenvalue weighted by molar-refractivity contribution is -0.124. The van der Waals surface area contributed by atoms with E-state index in [2.05, 4.69) is 12.2 Å². The molecule has 3 heterocycles. The van der Waals surface area contributed by atoms with E-state index < -0.39 is 5.97 Å². The van der Waals surface area contributed by atoms with Gasteiger partial charge in [-0.1, -0.05) is 42.0 Å². The van der Waals surface area contributed by atoms with Crippen LogP contribution < -0.4 is 4.90 Å². The van der Waals surface area contributed by atoms with Crippen LogP contribution in [0.25, 0.3) is 22.2 Å². The second-order valence-corrected chi connectivity index (χ2v) is 12.8. The number of nitrogens with zero attached hydrogens (tertiary/aromatic N) is 2. The highest BCUT2D eigenvalue weighted by Crippen LogP contribution is 2.65. The molecule has 1 saturated heterocycles. The van der Waals surface area contributed by atoms with Crippen LogP contribution in [0.4, 0.5) is 5.69 Å². The van der Waals surface area contributed by atoms with Crippen molar-refractivity contribution < 1.29 is 23.9 Å². The number of halogens is 1. The smallest absolute Gasteiger partial charge is 0.339 e. The lowest BCUT2D eigenvalue weighted by atomic mass is 9.63. The molecule has 7 nitrogen and oxygen atoms in total. The van der Waals surface area contributed by atoms with Crippen LogP contribution in [0.5, 0.6) is 0 Å². The largest absolute Gasteiger partial charge is 0.454 e. The number of amides is 2. The number of allylic oxidation sites excluding steroid dienone is 2. The van der Waals surface area contributed by atoms with Crippen LogP contribution in [0.15, 0.2) is 78.2 Å². The van der Waals surface area contributed by atoms with Gasteiger partial charge in [-0.05, 0) is 77.9 Å². The monoisotopic (exact) mass is 594 g/mol. The maximum absolute atomic E-state index is 13.5. The van der Waals surface area contributed by atoms with Crippen molar-refractivity contribution in [2.24, 2.45) is 35.5 Å². The van der Waals surface area contributed by atoms with Crippen molar-refractivity contribution in [3.63, 3.8) is 0 Å². The van der Waals surface area contributed by atoms with Gasteiger partial charge in [-0.3, -0.25) is 19.3 Å². The predicted molar refractivity (Wildman–Crippen MR) is 158 cm³/mol. The van der Waals surface area contributed by atoms with Gasteiger partial charge in [0.1, 0.15) is 0 Å². The zero-order valence-corrected chi connectivity index (χ0v) is 23.7. The number of thiophene rings is 1. The number of hydrogen-bond donors (Lipinski definition) is 0. The van der Waals surface area contributed by atoms with Crippen LogP contribution >= 0.6 is 22.9 Å². The van der Waals surface area contributed by atoms with E-state index in [0.29, 0.717) is 49.6 Å². The summed E-state index contributed by atoms with van der Waals surface area (Å²) in [6, 6.07) is 17.2. The number of hydrogen-bond acceptors (Lipinski definition) is 7. The fourth-order valence-corrected chi connectivity index (χ4v) is 8.05. The van der Waals surface area contributed by atoms with Crippen LogP contribution in [-0.4, -0.2) is 35.2 Å². The molecule has 5 aliphatic rings. The van der Waals surface area contributed by atoms with Gasteiger partial charge in [0, 0.05) is 16.0 Å². The van der Waals surface area contributed by atoms with Gasteiger partial charge in [-0.2, -0.15) is 0 Å². The fourth-order valence-electron chi connectivity index (χ4n) is 7.22. The summed E-state index contributed by atoms with van der Waals surface area (Å²) in [5, 5.41) is 2.73. The van der Waals surface area contributed by atoms with E-state index in [4.69, 9.17) is 21.3 Å². The van der Waals surface area contributed by atoms with Gasteiger partial charge in [-0.25, -0.2) is 9.78 Å². The minimum Gasteiger partial charge on any atom is -0.454 e. The van der Waals surface area contributed by atoms with E-state index in [1.165, 1.54) is 16.2 Å². The number of carbonyl (C=O) groups excluding carboxylic acids is 4. The molecule has 4 aliphatic carbocycles. The van der Waals surface area contributed by atoms with Gasteiger partial charge in [0.25, 0.3) is 0 Å². The first kappa shape index (κ1) is 25.6. The third-order valence-corrected chi connectivity index (χ3v) is 10.4. The average molecular weight is 595 g/mol. The standard InChI is InChI=1S/C33H23ClN2O5S/c34-17-5-10-25-23(12-17)24(33(40)41-15-27(37)28-2-1-11-42-28)14-26(35-25)16-3-6-18(7-4-16)36-31(38)29-19-8-9-20(22-13-21(19)22)30(29)32(36)39/h1-12,14,19-22,29-30H,13,15H2. The first-order chi connectivity index (χ1) is 20.4. The van der Waals surface area contributed by atoms with E-state index in [0.717, 1.165) is 6.42 Å². The molecule has 0 radical (unpaired) electrons. The van der Waals surface area contributed by atoms with Crippen molar-refractivity contribution in [3.05, 3.63) is 93.7 Å². The molecule has 2 saturated carbocycles. The number of pyridine rings is 1. The number of ketones is 1. The zero-order chi connectivity index (χ0) is 28.7. The van der Waals surface area contributed by atoms with Crippen LogP contribution in [0, 0.1) is 35.5 Å². The zero-order valence-electron chi connectivity index (χ0n) is 22.1. The Labute approximate surface area is 249 Å². The number of aromatic nitrogens is 1. The SMILES string of the molecule is O=C(COC(=O)c1cc(-c2ccc(N3C(=O)C4C5C=CC(C6CC56)C4C3=O)cc2)nc2ccc(Cl)cc12)c1cccs1. The lowest BCUT2D eigenvalue weighted by Gasteiger charge is -2.37. The molecule has 4 aromatic rings. The molecule has 9 heteroatoms. The topological polar surface area (TPSA) is 93.6 Å². The Morgan fingerprint density at radius 3 is 2.33 bits per heavy atom. The number of rotatable bonds is 6. The lowest BCUT2D eigenvalue weighted by Crippen LogP contribution is -2.40. The Morgan fingerprint density at radius 2 is 1.67 bits per heavy atom. The van der Waals surface area contributed by atoms with Crippen LogP contribution in [0.2, 0.25) is 5.02 Å². The summed E-state index contributed by atoms with van der Waals surface area (Å²) in [6.45, 7) is -0.383. The molecular formula is C33H23ClN2O5S. The van der Waals surface area contributed by atoms with E-state index in [1.807, 2.05) is 0 Å². The highest BCUT2D eigenvalue weighted by atomic mass is 35.5. The second kappa shape index (κ2) is 9.44. The van der Waals surface area contributed by atoms with Crippen LogP contribution in [0.1, 0.15) is 26.5 Å². The van der Waals surface area contributed by atoms with Gasteiger partial charge in [0.05, 0.1) is 39.2 Å². The van der Waals surface area contributed by atoms with Crippen molar-refractivity contribution in [2.75, 3.05) is 11.5 Å². The van der Waals surface area contributed by atoms with E-state index in [-0.39, 0.29) is 53.4 Å². The van der Waals surface area contributed by atoms with Crippen LogP contribution in [0.3, 0.4) is 0 Å². The average Bonchev–Trinajstić information content (AvgIpc) is 3.57. The molecule has 2 aromatic heterocycles. The Morgan fingerprint density at radius 1 is 0.952 bits per heavy atom. The van der Waals surface area contributed by atoms with Gasteiger partial charge in [0.15, 0.2) is 6.61 Å². The number of Topliss-reactive ketones (excluding diaryl/α,β-unsaturated/α-hetero) is 1. The normalized spacial score (nSPS) is 26.8. The molecule has 9 rings (SSSR count). The number of ether oxygens (including phenoxy) is 1.